The molecule has 0 bridgehead atoms. The molecule has 0 unspecified atom stereocenters. The molecule has 3 aliphatic rings. The Morgan fingerprint density at radius 1 is 1.40 bits per heavy atom. The van der Waals surface area contributed by atoms with Crippen molar-refractivity contribution < 1.29 is 28.7 Å². The molecule has 0 aromatic rings. The van der Waals surface area contributed by atoms with Crippen LogP contribution in [0.3, 0.4) is 0 Å². The maximum absolute atomic E-state index is 12.8. The zero-order valence-corrected chi connectivity index (χ0v) is 14.4. The van der Waals surface area contributed by atoms with Gasteiger partial charge in [-0.3, -0.25) is 9.59 Å². The zero-order valence-electron chi connectivity index (χ0n) is 14.4. The van der Waals surface area contributed by atoms with Gasteiger partial charge in [-0.05, 0) is 6.42 Å². The topological polar surface area (TPSA) is 109 Å². The third-order valence-corrected chi connectivity index (χ3v) is 5.14. The van der Waals surface area contributed by atoms with E-state index in [1.165, 1.54) is 21.0 Å². The molecule has 9 heteroatoms. The highest BCUT2D eigenvalue weighted by Gasteiger charge is 2.75. The fourth-order valence-electron chi connectivity index (χ4n) is 4.36. The van der Waals surface area contributed by atoms with Crippen LogP contribution in [0, 0.1) is 23.2 Å². The number of nitriles is 1. The van der Waals surface area contributed by atoms with Gasteiger partial charge < -0.3 is 14.4 Å². The van der Waals surface area contributed by atoms with Crippen LogP contribution in [-0.2, 0) is 28.7 Å². The molecule has 1 aliphatic carbocycles. The maximum Gasteiger partial charge on any atom is 0.338 e. The van der Waals surface area contributed by atoms with Crippen LogP contribution in [0.1, 0.15) is 20.3 Å². The number of nitrogens with zero attached hydrogens (tertiary/aromatic N) is 3. The molecular formula is C16H19N3O6. The molecule has 2 aliphatic heterocycles. The van der Waals surface area contributed by atoms with Crippen LogP contribution < -0.4 is 0 Å². The third-order valence-electron chi connectivity index (χ3n) is 5.14. The Bertz CT molecular complexity index is 713. The van der Waals surface area contributed by atoms with E-state index in [4.69, 9.17) is 14.3 Å². The lowest BCUT2D eigenvalue weighted by Gasteiger charge is -2.37. The molecule has 0 aromatic carbocycles. The first kappa shape index (κ1) is 17.2. The van der Waals surface area contributed by atoms with Gasteiger partial charge in [-0.2, -0.15) is 10.3 Å². The first-order chi connectivity index (χ1) is 11.8. The molecule has 1 saturated carbocycles. The van der Waals surface area contributed by atoms with Crippen molar-refractivity contribution >= 4 is 17.8 Å². The average molecular weight is 349 g/mol. The van der Waals surface area contributed by atoms with Crippen LogP contribution in [-0.4, -0.2) is 59.8 Å². The lowest BCUT2D eigenvalue weighted by molar-refractivity contribution is -0.230. The van der Waals surface area contributed by atoms with Gasteiger partial charge in [-0.1, -0.05) is 0 Å². The smallest absolute Gasteiger partial charge is 0.338 e. The van der Waals surface area contributed by atoms with E-state index in [1.807, 2.05) is 0 Å². The van der Waals surface area contributed by atoms with Gasteiger partial charge in [0.05, 0.1) is 19.1 Å². The number of hydroxylamine groups is 2. The van der Waals surface area contributed by atoms with Gasteiger partial charge in [0.15, 0.2) is 6.23 Å². The molecule has 3 rings (SSSR count). The normalized spacial score (nSPS) is 35.6. The van der Waals surface area contributed by atoms with E-state index in [-0.39, 0.29) is 12.3 Å². The average Bonchev–Trinajstić information content (AvgIpc) is 3.07. The molecule has 134 valence electrons. The minimum Gasteiger partial charge on any atom is -0.467 e. The first-order valence-electron chi connectivity index (χ1n) is 7.86. The van der Waals surface area contributed by atoms with Gasteiger partial charge in [-0.15, -0.1) is 0 Å². The molecule has 2 fully saturated rings. The summed E-state index contributed by atoms with van der Waals surface area (Å²) in [5.41, 5.74) is -1.17. The van der Waals surface area contributed by atoms with E-state index in [9.17, 15) is 19.6 Å². The van der Waals surface area contributed by atoms with Crippen LogP contribution in [0.15, 0.2) is 11.8 Å². The summed E-state index contributed by atoms with van der Waals surface area (Å²) in [6.07, 6.45) is 0.249. The maximum atomic E-state index is 12.8. The highest BCUT2D eigenvalue weighted by atomic mass is 16.7. The van der Waals surface area contributed by atoms with Gasteiger partial charge in [0, 0.05) is 38.6 Å². The first-order valence-corrected chi connectivity index (χ1v) is 7.86. The molecule has 25 heavy (non-hydrogen) atoms. The van der Waals surface area contributed by atoms with Gasteiger partial charge >= 0.3 is 11.9 Å². The monoisotopic (exact) mass is 349 g/mol. The van der Waals surface area contributed by atoms with Crippen molar-refractivity contribution in [2.45, 2.75) is 38.1 Å². The van der Waals surface area contributed by atoms with Gasteiger partial charge in [0.2, 0.25) is 11.4 Å². The molecule has 1 amide bonds. The predicted octanol–water partition coefficient (Wildman–Crippen LogP) is -0.0613. The van der Waals surface area contributed by atoms with Crippen molar-refractivity contribution in [2.24, 2.45) is 11.8 Å². The number of allylic oxidation sites excluding steroid dienone is 1. The van der Waals surface area contributed by atoms with Gasteiger partial charge in [-0.25, -0.2) is 9.63 Å². The van der Waals surface area contributed by atoms with Crippen LogP contribution in [0.5, 0.6) is 0 Å². The number of methoxy groups -OCH3 is 1. The van der Waals surface area contributed by atoms with E-state index in [1.54, 1.807) is 18.1 Å². The summed E-state index contributed by atoms with van der Waals surface area (Å²) < 4.78 is 10.4. The Morgan fingerprint density at radius 3 is 2.60 bits per heavy atom. The second kappa shape index (κ2) is 5.74. The van der Waals surface area contributed by atoms with Gasteiger partial charge in [0.1, 0.15) is 6.10 Å². The summed E-state index contributed by atoms with van der Waals surface area (Å²) in [4.78, 5) is 44.1. The predicted molar refractivity (Wildman–Crippen MR) is 80.8 cm³/mol. The molecular weight excluding hydrogens is 330 g/mol. The van der Waals surface area contributed by atoms with E-state index in [0.717, 1.165) is 5.06 Å². The van der Waals surface area contributed by atoms with Crippen LogP contribution in [0.25, 0.3) is 0 Å². The minimum atomic E-state index is -1.62. The van der Waals surface area contributed by atoms with E-state index in [2.05, 4.69) is 6.07 Å². The molecule has 5 atom stereocenters. The molecule has 1 saturated heterocycles. The lowest BCUT2D eigenvalue weighted by atomic mass is 9.77. The van der Waals surface area contributed by atoms with E-state index < -0.39 is 41.6 Å². The summed E-state index contributed by atoms with van der Waals surface area (Å²) in [7, 11) is 2.90. The minimum absolute atomic E-state index is 0.232. The standard InChI is InChI=1S/C16H19N3O6/c1-8(20)19-16(15(22)23-4)12(24-9(2)21)5-11-10(6-17)7-18(3)14(25-19)13(11)16/h7,11-14H,5H2,1-4H3/t11-,12-,13-,14-,16-/m0/s1. The Kier molecular flexibility index (Phi) is 3.95. The van der Waals surface area contributed by atoms with Crippen LogP contribution in [0.2, 0.25) is 0 Å². The summed E-state index contributed by atoms with van der Waals surface area (Å²) in [5, 5.41) is 10.4. The fraction of sp³-hybridized carbons (Fsp3) is 0.625. The van der Waals surface area contributed by atoms with E-state index in [0.29, 0.717) is 5.57 Å². The lowest BCUT2D eigenvalue weighted by Crippen LogP contribution is -2.62. The Balaban J connectivity index is 2.21. The number of carbonyl (C=O) groups is 3. The van der Waals surface area contributed by atoms with Crippen molar-refractivity contribution in [3.8, 4) is 6.07 Å². The number of esters is 2. The van der Waals surface area contributed by atoms with Crippen LogP contribution >= 0.6 is 0 Å². The number of rotatable bonds is 2. The van der Waals surface area contributed by atoms with Crippen molar-refractivity contribution in [3.05, 3.63) is 11.8 Å². The Morgan fingerprint density at radius 2 is 2.08 bits per heavy atom. The Labute approximate surface area is 144 Å². The van der Waals surface area contributed by atoms with Crippen molar-refractivity contribution in [1.29, 1.82) is 5.26 Å². The summed E-state index contributed by atoms with van der Waals surface area (Å²) in [6, 6.07) is 2.13. The molecule has 0 radical (unpaired) electrons. The highest BCUT2D eigenvalue weighted by Crippen LogP contribution is 2.57. The molecule has 9 nitrogen and oxygen atoms in total. The molecule has 0 aromatic heterocycles. The highest BCUT2D eigenvalue weighted by molar-refractivity contribution is 5.89. The Hall–Kier alpha value is -2.60. The molecule has 0 N–H and O–H groups in total. The zero-order chi connectivity index (χ0) is 18.5. The molecule has 0 spiro atoms. The summed E-state index contributed by atoms with van der Waals surface area (Å²) >= 11 is 0. The number of amides is 1. The quantitative estimate of drug-likeness (QED) is 0.638. The van der Waals surface area contributed by atoms with Crippen LogP contribution in [0.4, 0.5) is 0 Å². The fourth-order valence-corrected chi connectivity index (χ4v) is 4.36. The number of ether oxygens (including phenoxy) is 2. The third kappa shape index (κ3) is 2.14. The number of hydrogen-bond acceptors (Lipinski definition) is 8. The van der Waals surface area contributed by atoms with Crippen molar-refractivity contribution in [2.75, 3.05) is 14.2 Å². The van der Waals surface area contributed by atoms with Gasteiger partial charge in [0.25, 0.3) is 0 Å². The number of carbonyl (C=O) groups excluding carboxylic acids is 3. The molecule has 2 heterocycles. The van der Waals surface area contributed by atoms with Crippen molar-refractivity contribution in [1.82, 2.24) is 9.96 Å². The summed E-state index contributed by atoms with van der Waals surface area (Å²) in [5.74, 6) is -2.80. The number of hydrogen-bond donors (Lipinski definition) is 0. The second-order valence-electron chi connectivity index (χ2n) is 6.45. The summed E-state index contributed by atoms with van der Waals surface area (Å²) in [6.45, 7) is 2.49. The second-order valence-corrected chi connectivity index (χ2v) is 6.45. The van der Waals surface area contributed by atoms with E-state index >= 15 is 0 Å². The SMILES string of the molecule is COC(=O)[C@@]12[C@H]3[C@@H](C[C@@H]1OC(C)=O)C(C#N)=CN(C)[C@H]3ON2C(C)=O. The van der Waals surface area contributed by atoms with Crippen molar-refractivity contribution in [3.63, 3.8) is 0 Å². The largest absolute Gasteiger partial charge is 0.467 e.